The normalized spacial score (nSPS) is 10.6. The van der Waals surface area contributed by atoms with Gasteiger partial charge in [0.2, 0.25) is 0 Å². The third kappa shape index (κ3) is 1.69. The van der Waals surface area contributed by atoms with Gasteiger partial charge in [-0.05, 0) is 18.1 Å². The SMILES string of the molecule is CCc1c(C=O)c(CCl)nc2ccccc12. The summed E-state index contributed by atoms with van der Waals surface area (Å²) in [7, 11) is 0. The highest BCUT2D eigenvalue weighted by Gasteiger charge is 2.11. The van der Waals surface area contributed by atoms with E-state index in [0.29, 0.717) is 11.3 Å². The van der Waals surface area contributed by atoms with Crippen molar-refractivity contribution in [2.45, 2.75) is 19.2 Å². The monoisotopic (exact) mass is 233 g/mol. The number of alkyl halides is 1. The second-order valence-corrected chi connectivity index (χ2v) is 3.84. The van der Waals surface area contributed by atoms with Crippen LogP contribution in [-0.2, 0) is 12.3 Å². The quantitative estimate of drug-likeness (QED) is 0.601. The van der Waals surface area contributed by atoms with Gasteiger partial charge in [-0.2, -0.15) is 0 Å². The van der Waals surface area contributed by atoms with E-state index in [1.807, 2.05) is 31.2 Å². The lowest BCUT2D eigenvalue weighted by atomic mass is 9.99. The zero-order valence-electron chi connectivity index (χ0n) is 9.03. The topological polar surface area (TPSA) is 30.0 Å². The van der Waals surface area contributed by atoms with Gasteiger partial charge in [0, 0.05) is 10.9 Å². The molecule has 1 aromatic carbocycles. The van der Waals surface area contributed by atoms with Crippen LogP contribution in [0.25, 0.3) is 10.9 Å². The van der Waals surface area contributed by atoms with Gasteiger partial charge in [0.05, 0.1) is 17.1 Å². The van der Waals surface area contributed by atoms with Gasteiger partial charge < -0.3 is 0 Å². The maximum atomic E-state index is 11.1. The van der Waals surface area contributed by atoms with E-state index in [0.717, 1.165) is 29.2 Å². The molecule has 3 heteroatoms. The number of rotatable bonds is 3. The minimum Gasteiger partial charge on any atom is -0.298 e. The van der Waals surface area contributed by atoms with Gasteiger partial charge in [-0.25, -0.2) is 0 Å². The van der Waals surface area contributed by atoms with Crippen molar-refractivity contribution >= 4 is 28.8 Å². The van der Waals surface area contributed by atoms with Crippen LogP contribution >= 0.6 is 11.6 Å². The standard InChI is InChI=1S/C13H12ClNO/c1-2-9-10-5-3-4-6-12(10)15-13(7-14)11(9)8-16/h3-6,8H,2,7H2,1H3. The first-order valence-electron chi connectivity index (χ1n) is 5.23. The molecule has 0 amide bonds. The van der Waals surface area contributed by atoms with Crippen LogP contribution in [0.3, 0.4) is 0 Å². The average molecular weight is 234 g/mol. The summed E-state index contributed by atoms with van der Waals surface area (Å²) in [5, 5.41) is 1.04. The summed E-state index contributed by atoms with van der Waals surface area (Å²) in [5.74, 6) is 0.270. The number of pyridine rings is 1. The van der Waals surface area contributed by atoms with E-state index in [9.17, 15) is 4.79 Å². The maximum absolute atomic E-state index is 11.1. The molecule has 2 rings (SSSR count). The second-order valence-electron chi connectivity index (χ2n) is 3.57. The summed E-state index contributed by atoms with van der Waals surface area (Å²) >= 11 is 5.82. The lowest BCUT2D eigenvalue weighted by molar-refractivity contribution is 0.112. The van der Waals surface area contributed by atoms with Gasteiger partial charge in [0.25, 0.3) is 0 Å². The van der Waals surface area contributed by atoms with E-state index in [1.165, 1.54) is 0 Å². The molecule has 0 fully saturated rings. The number of aryl methyl sites for hydroxylation is 1. The first kappa shape index (κ1) is 11.1. The largest absolute Gasteiger partial charge is 0.298 e. The Labute approximate surface area is 99.3 Å². The van der Waals surface area contributed by atoms with Gasteiger partial charge in [-0.3, -0.25) is 9.78 Å². The smallest absolute Gasteiger partial charge is 0.152 e. The lowest BCUT2D eigenvalue weighted by Crippen LogP contribution is -2.01. The van der Waals surface area contributed by atoms with Gasteiger partial charge in [0.1, 0.15) is 0 Å². The molecule has 82 valence electrons. The fourth-order valence-corrected chi connectivity index (χ4v) is 2.18. The molecule has 0 aliphatic rings. The second kappa shape index (κ2) is 4.62. The number of hydrogen-bond donors (Lipinski definition) is 0. The third-order valence-corrected chi connectivity index (χ3v) is 2.97. The van der Waals surface area contributed by atoms with Crippen LogP contribution in [0.1, 0.15) is 28.5 Å². The predicted molar refractivity (Wildman–Crippen MR) is 66.1 cm³/mol. The summed E-state index contributed by atoms with van der Waals surface area (Å²) in [5.41, 5.74) is 3.26. The van der Waals surface area contributed by atoms with E-state index < -0.39 is 0 Å². The zero-order valence-corrected chi connectivity index (χ0v) is 9.79. The molecule has 1 heterocycles. The van der Waals surface area contributed by atoms with Gasteiger partial charge in [-0.15, -0.1) is 11.6 Å². The minimum atomic E-state index is 0.270. The number of aromatic nitrogens is 1. The Hall–Kier alpha value is -1.41. The Bertz CT molecular complexity index is 537. The number of carbonyl (C=O) groups is 1. The molecule has 16 heavy (non-hydrogen) atoms. The van der Waals surface area contributed by atoms with Gasteiger partial charge >= 0.3 is 0 Å². The van der Waals surface area contributed by atoms with Crippen molar-refractivity contribution in [3.8, 4) is 0 Å². The molecule has 2 aromatic rings. The molecule has 0 radical (unpaired) electrons. The number of carbonyl (C=O) groups excluding carboxylic acids is 1. The van der Waals surface area contributed by atoms with Crippen LogP contribution in [0.15, 0.2) is 24.3 Å². The first-order chi connectivity index (χ1) is 7.81. The Kier molecular flexibility index (Phi) is 3.20. The number of aldehydes is 1. The Morgan fingerprint density at radius 3 is 2.75 bits per heavy atom. The molecular weight excluding hydrogens is 222 g/mol. The third-order valence-electron chi connectivity index (χ3n) is 2.72. The molecule has 0 bridgehead atoms. The molecule has 0 unspecified atom stereocenters. The maximum Gasteiger partial charge on any atom is 0.152 e. The molecule has 0 spiro atoms. The summed E-state index contributed by atoms with van der Waals surface area (Å²) in [6.45, 7) is 2.03. The molecule has 2 nitrogen and oxygen atoms in total. The molecule has 0 aliphatic heterocycles. The summed E-state index contributed by atoms with van der Waals surface area (Å²) in [4.78, 5) is 15.5. The van der Waals surface area contributed by atoms with E-state index >= 15 is 0 Å². The van der Waals surface area contributed by atoms with E-state index in [2.05, 4.69) is 4.98 Å². The summed E-state index contributed by atoms with van der Waals surface area (Å²) in [6.07, 6.45) is 1.66. The highest BCUT2D eigenvalue weighted by atomic mass is 35.5. The molecule has 0 aliphatic carbocycles. The van der Waals surface area contributed by atoms with Crippen molar-refractivity contribution in [3.05, 3.63) is 41.1 Å². The Morgan fingerprint density at radius 2 is 2.12 bits per heavy atom. The highest BCUT2D eigenvalue weighted by Crippen LogP contribution is 2.23. The molecule has 0 saturated carbocycles. The molecular formula is C13H12ClNO. The average Bonchev–Trinajstić information content (AvgIpc) is 2.36. The van der Waals surface area contributed by atoms with Crippen LogP contribution in [0.2, 0.25) is 0 Å². The van der Waals surface area contributed by atoms with Crippen LogP contribution in [-0.4, -0.2) is 11.3 Å². The van der Waals surface area contributed by atoms with Crippen molar-refractivity contribution in [2.75, 3.05) is 0 Å². The van der Waals surface area contributed by atoms with E-state index in [1.54, 1.807) is 0 Å². The van der Waals surface area contributed by atoms with Crippen molar-refractivity contribution in [1.29, 1.82) is 0 Å². The Balaban J connectivity index is 2.87. The fraction of sp³-hybridized carbons (Fsp3) is 0.231. The fourth-order valence-electron chi connectivity index (χ4n) is 1.97. The zero-order chi connectivity index (χ0) is 11.5. The van der Waals surface area contributed by atoms with Crippen molar-refractivity contribution in [2.24, 2.45) is 0 Å². The van der Waals surface area contributed by atoms with Crippen molar-refractivity contribution in [3.63, 3.8) is 0 Å². The van der Waals surface area contributed by atoms with E-state index in [-0.39, 0.29) is 5.88 Å². The minimum absolute atomic E-state index is 0.270. The molecule has 0 saturated heterocycles. The van der Waals surface area contributed by atoms with Crippen LogP contribution < -0.4 is 0 Å². The van der Waals surface area contributed by atoms with Crippen LogP contribution in [0, 0.1) is 0 Å². The number of benzene rings is 1. The number of fused-ring (bicyclic) bond motifs is 1. The number of para-hydroxylation sites is 1. The van der Waals surface area contributed by atoms with Crippen LogP contribution in [0.4, 0.5) is 0 Å². The highest BCUT2D eigenvalue weighted by molar-refractivity contribution is 6.17. The van der Waals surface area contributed by atoms with E-state index in [4.69, 9.17) is 11.6 Å². The number of hydrogen-bond acceptors (Lipinski definition) is 2. The number of halogens is 1. The molecule has 1 aromatic heterocycles. The Morgan fingerprint density at radius 1 is 1.38 bits per heavy atom. The number of nitrogens with zero attached hydrogens (tertiary/aromatic N) is 1. The molecule has 0 atom stereocenters. The van der Waals surface area contributed by atoms with Gasteiger partial charge in [-0.1, -0.05) is 25.1 Å². The predicted octanol–water partition coefficient (Wildman–Crippen LogP) is 3.35. The van der Waals surface area contributed by atoms with Crippen molar-refractivity contribution in [1.82, 2.24) is 4.98 Å². The van der Waals surface area contributed by atoms with Crippen LogP contribution in [0.5, 0.6) is 0 Å². The summed E-state index contributed by atoms with van der Waals surface area (Å²) < 4.78 is 0. The van der Waals surface area contributed by atoms with Gasteiger partial charge in [0.15, 0.2) is 6.29 Å². The van der Waals surface area contributed by atoms with Crippen molar-refractivity contribution < 1.29 is 4.79 Å². The molecule has 0 N–H and O–H groups in total. The lowest BCUT2D eigenvalue weighted by Gasteiger charge is -2.10. The summed E-state index contributed by atoms with van der Waals surface area (Å²) in [6, 6.07) is 7.83. The first-order valence-corrected chi connectivity index (χ1v) is 5.76.